The quantitative estimate of drug-likeness (QED) is 0.497. The van der Waals surface area contributed by atoms with Gasteiger partial charge < -0.3 is 5.11 Å². The van der Waals surface area contributed by atoms with E-state index < -0.39 is 11.2 Å². The standard InChI is InChI=1S/C19H14N2O3/c22-17-16(18(23)21-19(24)20-17)10-12-9-11-5-1-2-6-13(11)15-8-4-3-7-14(12)15/h1-9H,10H2,(H3,20,21,22,23,24). The van der Waals surface area contributed by atoms with Gasteiger partial charge in [-0.15, -0.1) is 0 Å². The maximum absolute atomic E-state index is 12.0. The number of aromatic nitrogens is 2. The molecular weight excluding hydrogens is 304 g/mol. The molecule has 118 valence electrons. The van der Waals surface area contributed by atoms with Crippen LogP contribution in [0.5, 0.6) is 5.88 Å². The Hall–Kier alpha value is -3.34. The molecule has 0 saturated carbocycles. The Morgan fingerprint density at radius 2 is 1.50 bits per heavy atom. The third kappa shape index (κ3) is 2.27. The first-order valence-electron chi connectivity index (χ1n) is 7.57. The molecule has 24 heavy (non-hydrogen) atoms. The Balaban J connectivity index is 2.00. The van der Waals surface area contributed by atoms with Gasteiger partial charge >= 0.3 is 5.69 Å². The Labute approximate surface area is 136 Å². The van der Waals surface area contributed by atoms with Crippen molar-refractivity contribution < 1.29 is 5.11 Å². The van der Waals surface area contributed by atoms with Crippen molar-refractivity contribution in [2.75, 3.05) is 0 Å². The summed E-state index contributed by atoms with van der Waals surface area (Å²) in [4.78, 5) is 27.6. The minimum atomic E-state index is -0.718. The first-order chi connectivity index (χ1) is 11.6. The summed E-state index contributed by atoms with van der Waals surface area (Å²) in [5.41, 5.74) is -0.231. The fourth-order valence-corrected chi connectivity index (χ4v) is 3.13. The van der Waals surface area contributed by atoms with Gasteiger partial charge in [0.2, 0.25) is 5.88 Å². The highest BCUT2D eigenvalue weighted by atomic mass is 16.3. The van der Waals surface area contributed by atoms with Gasteiger partial charge in [-0.05, 0) is 27.1 Å². The highest BCUT2D eigenvalue weighted by molar-refractivity contribution is 6.09. The second kappa shape index (κ2) is 5.38. The van der Waals surface area contributed by atoms with E-state index >= 15 is 0 Å². The van der Waals surface area contributed by atoms with Gasteiger partial charge in [-0.2, -0.15) is 0 Å². The van der Waals surface area contributed by atoms with Crippen molar-refractivity contribution in [3.8, 4) is 5.88 Å². The van der Waals surface area contributed by atoms with Crippen LogP contribution in [-0.4, -0.2) is 15.1 Å². The zero-order chi connectivity index (χ0) is 16.7. The number of aromatic hydroxyl groups is 1. The van der Waals surface area contributed by atoms with Gasteiger partial charge in [0.05, 0.1) is 5.56 Å². The van der Waals surface area contributed by atoms with Crippen LogP contribution >= 0.6 is 0 Å². The molecule has 4 rings (SSSR count). The number of aromatic amines is 2. The lowest BCUT2D eigenvalue weighted by Gasteiger charge is -2.11. The van der Waals surface area contributed by atoms with Crippen LogP contribution in [0, 0.1) is 0 Å². The van der Waals surface area contributed by atoms with E-state index in [0.717, 1.165) is 27.1 Å². The predicted octanol–water partition coefficient (Wildman–Crippen LogP) is 2.67. The lowest BCUT2D eigenvalue weighted by molar-refractivity contribution is 0.441. The SMILES string of the molecule is O=c1[nH]c(O)c(Cc2cc3ccccc3c3ccccc23)c(=O)[nH]1. The Kier molecular flexibility index (Phi) is 3.20. The normalized spacial score (nSPS) is 11.2. The number of hydrogen-bond acceptors (Lipinski definition) is 3. The van der Waals surface area contributed by atoms with Crippen LogP contribution in [0.1, 0.15) is 11.1 Å². The lowest BCUT2D eigenvalue weighted by atomic mass is 9.94. The van der Waals surface area contributed by atoms with Crippen molar-refractivity contribution in [3.63, 3.8) is 0 Å². The number of benzene rings is 3. The highest BCUT2D eigenvalue weighted by Crippen LogP contribution is 2.30. The maximum Gasteiger partial charge on any atom is 0.328 e. The van der Waals surface area contributed by atoms with E-state index in [9.17, 15) is 14.7 Å². The molecule has 5 heteroatoms. The van der Waals surface area contributed by atoms with E-state index in [1.165, 1.54) is 0 Å². The molecule has 0 fully saturated rings. The Bertz CT molecular complexity index is 1190. The molecule has 0 unspecified atom stereocenters. The molecule has 5 nitrogen and oxygen atoms in total. The van der Waals surface area contributed by atoms with E-state index in [1.54, 1.807) is 0 Å². The summed E-state index contributed by atoms with van der Waals surface area (Å²) >= 11 is 0. The molecule has 0 aliphatic heterocycles. The summed E-state index contributed by atoms with van der Waals surface area (Å²) in [5.74, 6) is -0.388. The van der Waals surface area contributed by atoms with Crippen LogP contribution in [0.2, 0.25) is 0 Å². The third-order valence-electron chi connectivity index (χ3n) is 4.24. The average Bonchev–Trinajstić information content (AvgIpc) is 2.58. The Morgan fingerprint density at radius 3 is 2.25 bits per heavy atom. The number of nitrogens with one attached hydrogen (secondary N) is 2. The zero-order valence-corrected chi connectivity index (χ0v) is 12.7. The van der Waals surface area contributed by atoms with E-state index in [2.05, 4.69) is 16.0 Å². The van der Waals surface area contributed by atoms with Crippen molar-refractivity contribution >= 4 is 21.5 Å². The minimum absolute atomic E-state index is 0.148. The van der Waals surface area contributed by atoms with E-state index in [-0.39, 0.29) is 17.9 Å². The third-order valence-corrected chi connectivity index (χ3v) is 4.24. The van der Waals surface area contributed by atoms with Crippen LogP contribution in [0.15, 0.2) is 64.2 Å². The molecule has 0 atom stereocenters. The van der Waals surface area contributed by atoms with Crippen LogP contribution < -0.4 is 11.2 Å². The molecule has 4 aromatic rings. The van der Waals surface area contributed by atoms with Gasteiger partial charge in [-0.1, -0.05) is 54.6 Å². The smallest absolute Gasteiger partial charge is 0.328 e. The Morgan fingerprint density at radius 1 is 0.833 bits per heavy atom. The van der Waals surface area contributed by atoms with E-state index in [0.29, 0.717) is 0 Å². The van der Waals surface area contributed by atoms with Gasteiger partial charge in [-0.25, -0.2) is 4.79 Å². The molecule has 0 bridgehead atoms. The first kappa shape index (κ1) is 14.3. The topological polar surface area (TPSA) is 85.9 Å². The summed E-state index contributed by atoms with van der Waals surface area (Å²) in [6.07, 6.45) is 0.225. The molecule has 0 spiro atoms. The lowest BCUT2D eigenvalue weighted by Crippen LogP contribution is -2.25. The number of hydrogen-bond donors (Lipinski definition) is 3. The molecule has 0 saturated heterocycles. The summed E-state index contributed by atoms with van der Waals surface area (Å²) in [5, 5.41) is 14.2. The van der Waals surface area contributed by atoms with E-state index in [1.807, 2.05) is 48.5 Å². The van der Waals surface area contributed by atoms with Crippen LogP contribution in [-0.2, 0) is 6.42 Å². The van der Waals surface area contributed by atoms with E-state index in [4.69, 9.17) is 0 Å². The van der Waals surface area contributed by atoms with Gasteiger partial charge in [-0.3, -0.25) is 14.8 Å². The van der Waals surface area contributed by atoms with Gasteiger partial charge in [0, 0.05) is 6.42 Å². The van der Waals surface area contributed by atoms with Gasteiger partial charge in [0.15, 0.2) is 0 Å². The summed E-state index contributed by atoms with van der Waals surface area (Å²) < 4.78 is 0. The summed E-state index contributed by atoms with van der Waals surface area (Å²) in [7, 11) is 0. The zero-order valence-electron chi connectivity index (χ0n) is 12.7. The average molecular weight is 318 g/mol. The van der Waals surface area contributed by atoms with Crippen molar-refractivity contribution in [1.29, 1.82) is 0 Å². The minimum Gasteiger partial charge on any atom is -0.494 e. The second-order valence-corrected chi connectivity index (χ2v) is 5.71. The van der Waals surface area contributed by atoms with Crippen molar-refractivity contribution in [2.24, 2.45) is 0 Å². The second-order valence-electron chi connectivity index (χ2n) is 5.71. The van der Waals surface area contributed by atoms with Gasteiger partial charge in [0.1, 0.15) is 0 Å². The molecule has 0 amide bonds. The molecule has 0 radical (unpaired) electrons. The van der Waals surface area contributed by atoms with Crippen molar-refractivity contribution in [1.82, 2.24) is 9.97 Å². The van der Waals surface area contributed by atoms with Crippen LogP contribution in [0.25, 0.3) is 21.5 Å². The molecule has 0 aliphatic carbocycles. The van der Waals surface area contributed by atoms with Crippen LogP contribution in [0.4, 0.5) is 0 Å². The van der Waals surface area contributed by atoms with Crippen molar-refractivity contribution in [2.45, 2.75) is 6.42 Å². The highest BCUT2D eigenvalue weighted by Gasteiger charge is 2.13. The van der Waals surface area contributed by atoms with Crippen molar-refractivity contribution in [3.05, 3.63) is 86.6 Å². The molecule has 1 heterocycles. The fourth-order valence-electron chi connectivity index (χ4n) is 3.13. The molecule has 3 aromatic carbocycles. The molecule has 1 aromatic heterocycles. The first-order valence-corrected chi connectivity index (χ1v) is 7.57. The molecular formula is C19H14N2O3. The number of H-pyrrole nitrogens is 2. The fraction of sp³-hybridized carbons (Fsp3) is 0.0526. The van der Waals surface area contributed by atoms with Gasteiger partial charge in [0.25, 0.3) is 5.56 Å². The number of fused-ring (bicyclic) bond motifs is 3. The maximum atomic E-state index is 12.0. The molecule has 3 N–H and O–H groups in total. The monoisotopic (exact) mass is 318 g/mol. The predicted molar refractivity (Wildman–Crippen MR) is 93.6 cm³/mol. The van der Waals surface area contributed by atoms with Crippen LogP contribution in [0.3, 0.4) is 0 Å². The largest absolute Gasteiger partial charge is 0.494 e. The molecule has 0 aliphatic rings. The summed E-state index contributed by atoms with van der Waals surface area (Å²) in [6, 6.07) is 18.0. The summed E-state index contributed by atoms with van der Waals surface area (Å²) in [6.45, 7) is 0. The number of rotatable bonds is 2.